The lowest BCUT2D eigenvalue weighted by molar-refractivity contribution is 0.380. The van der Waals surface area contributed by atoms with Crippen LogP contribution in [-0.4, -0.2) is 29.7 Å². The number of aryl methyl sites for hydroxylation is 4. The Labute approximate surface area is 154 Å². The summed E-state index contributed by atoms with van der Waals surface area (Å²) in [5.74, 6) is 1.77. The summed E-state index contributed by atoms with van der Waals surface area (Å²) < 4.78 is 5.40. The van der Waals surface area contributed by atoms with E-state index in [0.29, 0.717) is 6.54 Å². The number of guanidine groups is 1. The fourth-order valence-corrected chi connectivity index (χ4v) is 3.47. The molecule has 0 saturated heterocycles. The lowest BCUT2D eigenvalue weighted by atomic mass is 10.1. The Hall–Kier alpha value is -1.89. The summed E-state index contributed by atoms with van der Waals surface area (Å²) in [6.45, 7) is 7.81. The molecule has 2 aromatic rings. The quantitative estimate of drug-likeness (QED) is 0.406. The third-order valence-electron chi connectivity index (χ3n) is 4.04. The van der Waals surface area contributed by atoms with Crippen molar-refractivity contribution in [1.82, 2.24) is 20.8 Å². The Kier molecular flexibility index (Phi) is 7.91. The first-order valence-corrected chi connectivity index (χ1v) is 9.87. The van der Waals surface area contributed by atoms with E-state index >= 15 is 0 Å². The molecule has 2 N–H and O–H groups in total. The van der Waals surface area contributed by atoms with Gasteiger partial charge >= 0.3 is 0 Å². The molecular formula is C18H29N5OS. The van der Waals surface area contributed by atoms with E-state index in [0.717, 1.165) is 67.3 Å². The van der Waals surface area contributed by atoms with E-state index in [4.69, 9.17) is 4.52 Å². The maximum Gasteiger partial charge on any atom is 0.191 e. The second kappa shape index (κ2) is 10.2. The molecule has 6 nitrogen and oxygen atoms in total. The summed E-state index contributed by atoms with van der Waals surface area (Å²) in [5.41, 5.74) is 3.31. The number of aliphatic imine (C=N–C) groups is 1. The lowest BCUT2D eigenvalue weighted by Gasteiger charge is -2.12. The smallest absolute Gasteiger partial charge is 0.191 e. The molecule has 0 atom stereocenters. The van der Waals surface area contributed by atoms with Gasteiger partial charge in [0.25, 0.3) is 0 Å². The Morgan fingerprint density at radius 1 is 1.24 bits per heavy atom. The van der Waals surface area contributed by atoms with Crippen molar-refractivity contribution < 1.29 is 4.52 Å². The predicted molar refractivity (Wildman–Crippen MR) is 103 cm³/mol. The molecule has 25 heavy (non-hydrogen) atoms. The van der Waals surface area contributed by atoms with E-state index in [1.807, 2.05) is 6.92 Å². The van der Waals surface area contributed by atoms with E-state index in [-0.39, 0.29) is 0 Å². The number of unbranched alkanes of at least 4 members (excludes halogenated alkanes) is 1. The molecule has 2 rings (SSSR count). The monoisotopic (exact) mass is 363 g/mol. The van der Waals surface area contributed by atoms with E-state index in [1.54, 1.807) is 18.4 Å². The Morgan fingerprint density at radius 2 is 2.08 bits per heavy atom. The van der Waals surface area contributed by atoms with Crippen LogP contribution in [0.15, 0.2) is 14.9 Å². The lowest BCUT2D eigenvalue weighted by Crippen LogP contribution is -2.37. The molecule has 0 aromatic carbocycles. The van der Waals surface area contributed by atoms with Gasteiger partial charge in [0.1, 0.15) is 5.76 Å². The van der Waals surface area contributed by atoms with Crippen LogP contribution in [0.25, 0.3) is 0 Å². The number of hydrogen-bond donors (Lipinski definition) is 2. The summed E-state index contributed by atoms with van der Waals surface area (Å²) >= 11 is 1.75. The molecule has 0 fully saturated rings. The minimum absolute atomic E-state index is 0.688. The van der Waals surface area contributed by atoms with Gasteiger partial charge < -0.3 is 15.2 Å². The van der Waals surface area contributed by atoms with Crippen LogP contribution < -0.4 is 10.6 Å². The molecule has 138 valence electrons. The average Bonchev–Trinajstić information content (AvgIpc) is 3.22. The molecule has 0 spiro atoms. The normalized spacial score (nSPS) is 11.8. The topological polar surface area (TPSA) is 75.3 Å². The largest absolute Gasteiger partial charge is 0.361 e. The third-order valence-corrected chi connectivity index (χ3v) is 5.07. The van der Waals surface area contributed by atoms with Gasteiger partial charge in [-0.05, 0) is 32.6 Å². The molecule has 0 radical (unpaired) electrons. The maximum absolute atomic E-state index is 5.40. The molecule has 7 heteroatoms. The Bertz CT molecular complexity index is 655. The second-order valence-electron chi connectivity index (χ2n) is 5.93. The molecule has 0 unspecified atom stereocenters. The number of thiazole rings is 1. The summed E-state index contributed by atoms with van der Waals surface area (Å²) in [7, 11) is 1.79. The van der Waals surface area contributed by atoms with Gasteiger partial charge in [0.05, 0.1) is 10.7 Å². The fourth-order valence-electron chi connectivity index (χ4n) is 2.66. The molecule has 2 aromatic heterocycles. The summed E-state index contributed by atoms with van der Waals surface area (Å²) in [6, 6.07) is 0. The minimum atomic E-state index is 0.688. The van der Waals surface area contributed by atoms with Crippen LogP contribution in [0, 0.1) is 6.92 Å². The molecule has 0 aliphatic heterocycles. The third kappa shape index (κ3) is 5.85. The standard InChI is InChI=1S/C18H29N5OS/c1-5-15-14(16(6-2)24-23-15)11-21-18(19-4)20-10-8-7-9-17-22-13(3)12-25-17/h12H,5-11H2,1-4H3,(H2,19,20,21). The van der Waals surface area contributed by atoms with Crippen molar-refractivity contribution in [3.63, 3.8) is 0 Å². The zero-order valence-electron chi connectivity index (χ0n) is 15.7. The summed E-state index contributed by atoms with van der Waals surface area (Å²) in [6.07, 6.45) is 5.00. The highest BCUT2D eigenvalue weighted by Gasteiger charge is 2.13. The molecule has 0 amide bonds. The van der Waals surface area contributed by atoms with E-state index in [2.05, 4.69) is 45.0 Å². The SMILES string of the molecule is CCc1noc(CC)c1CNC(=NC)NCCCCc1nc(C)cs1. The van der Waals surface area contributed by atoms with Crippen molar-refractivity contribution in [2.75, 3.05) is 13.6 Å². The van der Waals surface area contributed by atoms with E-state index in [1.165, 1.54) is 5.01 Å². The van der Waals surface area contributed by atoms with Crippen molar-refractivity contribution in [2.24, 2.45) is 4.99 Å². The van der Waals surface area contributed by atoms with Crippen molar-refractivity contribution in [1.29, 1.82) is 0 Å². The van der Waals surface area contributed by atoms with Crippen molar-refractivity contribution in [2.45, 2.75) is 59.4 Å². The van der Waals surface area contributed by atoms with Gasteiger partial charge in [0.2, 0.25) is 0 Å². The van der Waals surface area contributed by atoms with Gasteiger partial charge in [0.15, 0.2) is 5.96 Å². The van der Waals surface area contributed by atoms with E-state index in [9.17, 15) is 0 Å². The Morgan fingerprint density at radius 3 is 2.72 bits per heavy atom. The predicted octanol–water partition coefficient (Wildman–Crippen LogP) is 3.25. The molecular weight excluding hydrogens is 334 g/mol. The van der Waals surface area contributed by atoms with Gasteiger partial charge in [-0.3, -0.25) is 4.99 Å². The number of rotatable bonds is 9. The van der Waals surface area contributed by atoms with Gasteiger partial charge in [0, 0.05) is 43.2 Å². The van der Waals surface area contributed by atoms with Gasteiger partial charge in [-0.15, -0.1) is 11.3 Å². The molecule has 0 saturated carbocycles. The zero-order valence-corrected chi connectivity index (χ0v) is 16.5. The van der Waals surface area contributed by atoms with Crippen molar-refractivity contribution >= 4 is 17.3 Å². The number of aromatic nitrogens is 2. The first kappa shape index (κ1) is 19.4. The van der Waals surface area contributed by atoms with Crippen molar-refractivity contribution in [3.05, 3.63) is 33.1 Å². The highest BCUT2D eigenvalue weighted by atomic mass is 32.1. The average molecular weight is 364 g/mol. The summed E-state index contributed by atoms with van der Waals surface area (Å²) in [5, 5.41) is 14.2. The first-order chi connectivity index (χ1) is 12.2. The number of nitrogens with zero attached hydrogens (tertiary/aromatic N) is 3. The second-order valence-corrected chi connectivity index (χ2v) is 6.87. The minimum Gasteiger partial charge on any atom is -0.361 e. The number of hydrogen-bond acceptors (Lipinski definition) is 5. The molecule has 0 aliphatic rings. The van der Waals surface area contributed by atoms with E-state index < -0.39 is 0 Å². The van der Waals surface area contributed by atoms with Crippen LogP contribution in [-0.2, 0) is 25.8 Å². The number of nitrogens with one attached hydrogen (secondary N) is 2. The van der Waals surface area contributed by atoms with Crippen molar-refractivity contribution in [3.8, 4) is 0 Å². The van der Waals surface area contributed by atoms with Crippen LogP contribution in [0.2, 0.25) is 0 Å². The van der Waals surface area contributed by atoms with Gasteiger partial charge in [-0.25, -0.2) is 4.98 Å². The molecule has 2 heterocycles. The Balaban J connectivity index is 1.71. The highest BCUT2D eigenvalue weighted by molar-refractivity contribution is 7.09. The first-order valence-electron chi connectivity index (χ1n) is 8.99. The van der Waals surface area contributed by atoms with Gasteiger partial charge in [-0.2, -0.15) is 0 Å². The summed E-state index contributed by atoms with van der Waals surface area (Å²) in [4.78, 5) is 8.79. The van der Waals surface area contributed by atoms with Crippen LogP contribution in [0.4, 0.5) is 0 Å². The van der Waals surface area contributed by atoms with Crippen LogP contribution in [0.5, 0.6) is 0 Å². The zero-order chi connectivity index (χ0) is 18.1. The molecule has 0 aliphatic carbocycles. The van der Waals surface area contributed by atoms with Crippen LogP contribution in [0.1, 0.15) is 54.4 Å². The molecule has 0 bridgehead atoms. The maximum atomic E-state index is 5.40. The fraction of sp³-hybridized carbons (Fsp3) is 0.611. The van der Waals surface area contributed by atoms with Gasteiger partial charge in [-0.1, -0.05) is 19.0 Å². The van der Waals surface area contributed by atoms with Crippen LogP contribution >= 0.6 is 11.3 Å². The highest BCUT2D eigenvalue weighted by Crippen LogP contribution is 2.15. The van der Waals surface area contributed by atoms with Crippen LogP contribution in [0.3, 0.4) is 0 Å².